The Kier molecular flexibility index (Phi) is 30.3. The highest BCUT2D eigenvalue weighted by Crippen LogP contribution is 2.11. The van der Waals surface area contributed by atoms with Crippen LogP contribution in [-0.2, 0) is 28.6 Å². The molecule has 2 atom stereocenters. The van der Waals surface area contributed by atoms with E-state index in [1.807, 2.05) is 18.2 Å². The number of hydrogen-bond acceptors (Lipinski definition) is 7. The van der Waals surface area contributed by atoms with Gasteiger partial charge in [-0.2, -0.15) is 0 Å². The van der Waals surface area contributed by atoms with Gasteiger partial charge >= 0.3 is 11.9 Å². The number of ether oxygens (including phenoxy) is 3. The molecule has 280 valence electrons. The lowest BCUT2D eigenvalue weighted by molar-refractivity contribution is -0.889. The second kappa shape index (κ2) is 32.2. The first kappa shape index (κ1) is 46.0. The van der Waals surface area contributed by atoms with Crippen LogP contribution in [0.25, 0.3) is 0 Å². The molecule has 0 aromatic heterocycles. The molecule has 49 heavy (non-hydrogen) atoms. The number of unbranched alkanes of at least 4 members (excludes halogenated alkanes) is 11. The van der Waals surface area contributed by atoms with Gasteiger partial charge in [0, 0.05) is 19.3 Å². The van der Waals surface area contributed by atoms with Crippen molar-refractivity contribution >= 4 is 17.9 Å². The predicted octanol–water partition coefficient (Wildman–Crippen LogP) is 8.13. The van der Waals surface area contributed by atoms with Crippen molar-refractivity contribution in [2.24, 2.45) is 0 Å². The van der Waals surface area contributed by atoms with Gasteiger partial charge < -0.3 is 28.6 Å². The number of rotatable bonds is 32. The first-order chi connectivity index (χ1) is 23.6. The average molecular weight is 688 g/mol. The van der Waals surface area contributed by atoms with Gasteiger partial charge in [0.2, 0.25) is 0 Å². The second-order valence-electron chi connectivity index (χ2n) is 13.5. The molecule has 0 aromatic carbocycles. The summed E-state index contributed by atoms with van der Waals surface area (Å²) >= 11 is 0. The van der Waals surface area contributed by atoms with E-state index in [9.17, 15) is 19.5 Å². The van der Waals surface area contributed by atoms with E-state index >= 15 is 0 Å². The molecule has 0 aliphatic rings. The van der Waals surface area contributed by atoms with Crippen molar-refractivity contribution in [3.05, 3.63) is 60.8 Å². The highest BCUT2D eigenvalue weighted by Gasteiger charge is 2.25. The van der Waals surface area contributed by atoms with Crippen molar-refractivity contribution < 1.29 is 38.2 Å². The van der Waals surface area contributed by atoms with E-state index in [4.69, 9.17) is 14.2 Å². The lowest BCUT2D eigenvalue weighted by atomic mass is 10.1. The molecule has 0 spiro atoms. The molecule has 0 saturated carbocycles. The van der Waals surface area contributed by atoms with E-state index in [-0.39, 0.29) is 49.1 Å². The molecule has 0 aromatic rings. The number of hydrogen-bond donors (Lipinski definition) is 0. The van der Waals surface area contributed by atoms with Crippen LogP contribution >= 0.6 is 0 Å². The minimum absolute atomic E-state index is 0.0141. The third-order valence-corrected chi connectivity index (χ3v) is 7.98. The number of carbonyl (C=O) groups excluding carboxylic acids is 3. The fourth-order valence-electron chi connectivity index (χ4n) is 4.98. The van der Waals surface area contributed by atoms with Crippen molar-refractivity contribution in [1.82, 2.24) is 0 Å². The molecule has 8 nitrogen and oxygen atoms in total. The molecular weight excluding hydrogens is 618 g/mol. The molecule has 0 rings (SSSR count). The number of carboxylic acid groups (broad SMARTS) is 1. The second-order valence-corrected chi connectivity index (χ2v) is 13.5. The SMILES string of the molecule is CCCCC/C=C/C=C/C=C/C=C/CCCCCCCC(=O)OCC(COCCC(C(=O)[O-])[N+](C)(C)C)OC(=O)CC/C=C/CCCCC. The Hall–Kier alpha value is -2.97. The molecule has 0 radical (unpaired) electrons. The van der Waals surface area contributed by atoms with E-state index in [2.05, 4.69) is 56.4 Å². The predicted molar refractivity (Wildman–Crippen MR) is 199 cm³/mol. The van der Waals surface area contributed by atoms with Crippen molar-refractivity contribution in [2.75, 3.05) is 41.0 Å². The Morgan fingerprint density at radius 1 is 0.612 bits per heavy atom. The van der Waals surface area contributed by atoms with Gasteiger partial charge in [-0.25, -0.2) is 0 Å². The van der Waals surface area contributed by atoms with Gasteiger partial charge in [-0.3, -0.25) is 9.59 Å². The molecule has 2 unspecified atom stereocenters. The molecule has 0 fully saturated rings. The summed E-state index contributed by atoms with van der Waals surface area (Å²) in [6, 6.07) is -0.735. The average Bonchev–Trinajstić information content (AvgIpc) is 3.05. The van der Waals surface area contributed by atoms with Gasteiger partial charge in [-0.15, -0.1) is 0 Å². The molecule has 0 N–H and O–H groups in total. The molecular formula is C41H69NO7. The molecule has 0 amide bonds. The van der Waals surface area contributed by atoms with E-state index in [0.29, 0.717) is 12.8 Å². The molecule has 0 heterocycles. The summed E-state index contributed by atoms with van der Waals surface area (Å²) in [6.07, 6.45) is 37.0. The van der Waals surface area contributed by atoms with Gasteiger partial charge in [0.05, 0.1) is 40.3 Å². The highest BCUT2D eigenvalue weighted by atomic mass is 16.6. The number of allylic oxidation sites excluding steroid dienone is 10. The largest absolute Gasteiger partial charge is 0.544 e. The lowest BCUT2D eigenvalue weighted by Crippen LogP contribution is -2.55. The first-order valence-electron chi connectivity index (χ1n) is 18.9. The molecule has 0 bridgehead atoms. The van der Waals surface area contributed by atoms with Gasteiger partial charge in [0.1, 0.15) is 12.6 Å². The van der Waals surface area contributed by atoms with Crippen LogP contribution in [0.15, 0.2) is 60.8 Å². The Morgan fingerprint density at radius 3 is 1.73 bits per heavy atom. The van der Waals surface area contributed by atoms with E-state index in [1.165, 1.54) is 32.1 Å². The minimum Gasteiger partial charge on any atom is -0.544 e. The van der Waals surface area contributed by atoms with Crippen LogP contribution in [-0.4, -0.2) is 75.5 Å². The Morgan fingerprint density at radius 2 is 1.14 bits per heavy atom. The topological polar surface area (TPSA) is 102 Å². The molecule has 8 heteroatoms. The van der Waals surface area contributed by atoms with Crippen molar-refractivity contribution in [3.8, 4) is 0 Å². The summed E-state index contributed by atoms with van der Waals surface area (Å²) in [4.78, 5) is 36.5. The standard InChI is InChI=1S/C41H69NO7/c1-6-8-10-12-14-15-16-17-18-19-20-21-22-23-24-26-27-29-31-39(43)48-36-37(35-47-34-33-38(41(45)46)42(3,4)5)49-40(44)32-30-28-25-13-11-9-7-2/h14-21,25,28,37-38H,6-13,22-24,26-27,29-36H2,1-5H3/b15-14+,17-16+,19-18+,21-20+,28-25+. The smallest absolute Gasteiger partial charge is 0.306 e. The zero-order chi connectivity index (χ0) is 36.4. The maximum Gasteiger partial charge on any atom is 0.306 e. The normalized spacial score (nSPS) is 13.7. The van der Waals surface area contributed by atoms with Gasteiger partial charge in [-0.05, 0) is 51.4 Å². The summed E-state index contributed by atoms with van der Waals surface area (Å²) < 4.78 is 16.9. The number of esters is 2. The summed E-state index contributed by atoms with van der Waals surface area (Å²) in [5, 5.41) is 11.5. The fraction of sp³-hybridized carbons (Fsp3) is 0.683. The van der Waals surface area contributed by atoms with Crippen molar-refractivity contribution in [3.63, 3.8) is 0 Å². The Labute approximate surface area is 298 Å². The first-order valence-corrected chi connectivity index (χ1v) is 18.9. The van der Waals surface area contributed by atoms with Gasteiger partial charge in [0.15, 0.2) is 6.10 Å². The van der Waals surface area contributed by atoms with E-state index in [0.717, 1.165) is 57.8 Å². The van der Waals surface area contributed by atoms with Crippen LogP contribution in [0.1, 0.15) is 129 Å². The number of nitrogens with zero attached hydrogens (tertiary/aromatic N) is 1. The van der Waals surface area contributed by atoms with Crippen LogP contribution in [0.3, 0.4) is 0 Å². The maximum absolute atomic E-state index is 12.5. The summed E-state index contributed by atoms with van der Waals surface area (Å²) in [7, 11) is 5.36. The highest BCUT2D eigenvalue weighted by molar-refractivity contribution is 5.70. The Balaban J connectivity index is 4.41. The van der Waals surface area contributed by atoms with Crippen LogP contribution in [0.4, 0.5) is 0 Å². The third kappa shape index (κ3) is 30.8. The van der Waals surface area contributed by atoms with Crippen LogP contribution in [0.2, 0.25) is 0 Å². The minimum atomic E-state index is -1.14. The quantitative estimate of drug-likeness (QED) is 0.0231. The maximum atomic E-state index is 12.5. The number of carboxylic acids is 1. The molecule has 0 saturated heterocycles. The van der Waals surface area contributed by atoms with Gasteiger partial charge in [0.25, 0.3) is 0 Å². The van der Waals surface area contributed by atoms with Crippen LogP contribution in [0, 0.1) is 0 Å². The number of aliphatic carboxylic acids is 1. The number of likely N-dealkylation sites (N-methyl/N-ethyl adjacent to an activating group) is 1. The monoisotopic (exact) mass is 688 g/mol. The van der Waals surface area contributed by atoms with Crippen molar-refractivity contribution in [2.45, 2.75) is 142 Å². The van der Waals surface area contributed by atoms with Crippen LogP contribution < -0.4 is 5.11 Å². The lowest BCUT2D eigenvalue weighted by Gasteiger charge is -2.34. The third-order valence-electron chi connectivity index (χ3n) is 7.98. The zero-order valence-corrected chi connectivity index (χ0v) is 31.6. The Bertz CT molecular complexity index is 990. The van der Waals surface area contributed by atoms with Gasteiger partial charge in [-0.1, -0.05) is 120 Å². The summed E-state index contributed by atoms with van der Waals surface area (Å²) in [5.41, 5.74) is 0. The molecule has 0 aliphatic carbocycles. The van der Waals surface area contributed by atoms with E-state index < -0.39 is 18.1 Å². The van der Waals surface area contributed by atoms with Crippen LogP contribution in [0.5, 0.6) is 0 Å². The fourth-order valence-corrected chi connectivity index (χ4v) is 4.98. The van der Waals surface area contributed by atoms with E-state index in [1.54, 1.807) is 21.1 Å². The molecule has 0 aliphatic heterocycles. The summed E-state index contributed by atoms with van der Waals surface area (Å²) in [6.45, 7) is 4.46. The summed E-state index contributed by atoms with van der Waals surface area (Å²) in [5.74, 6) is -1.85. The zero-order valence-electron chi connectivity index (χ0n) is 31.6. The number of carbonyl (C=O) groups is 3. The number of quaternary nitrogens is 1. The van der Waals surface area contributed by atoms with Crippen molar-refractivity contribution in [1.29, 1.82) is 0 Å².